The molecule has 0 aliphatic rings. The SMILES string of the molecule is CC(C)(C)NC[C@H](O)COc1cccc2[nH]cc(CC(=O)NN)c12. The average molecular weight is 334 g/mol. The highest BCUT2D eigenvalue weighted by Gasteiger charge is 2.15. The van der Waals surface area contributed by atoms with Gasteiger partial charge in [-0.1, -0.05) is 6.07 Å². The summed E-state index contributed by atoms with van der Waals surface area (Å²) in [4.78, 5) is 14.7. The molecule has 2 rings (SSSR count). The number of nitrogens with two attached hydrogens (primary N) is 1. The Labute approximate surface area is 141 Å². The fourth-order valence-electron chi connectivity index (χ4n) is 2.37. The average Bonchev–Trinajstić information content (AvgIpc) is 2.93. The number of hydrazine groups is 1. The van der Waals surface area contributed by atoms with Crippen molar-refractivity contribution in [3.63, 3.8) is 0 Å². The third kappa shape index (κ3) is 4.95. The van der Waals surface area contributed by atoms with Gasteiger partial charge in [-0.05, 0) is 38.5 Å². The van der Waals surface area contributed by atoms with Crippen LogP contribution in [0.1, 0.15) is 26.3 Å². The first-order chi connectivity index (χ1) is 11.3. The number of amides is 1. The minimum Gasteiger partial charge on any atom is -0.490 e. The lowest BCUT2D eigenvalue weighted by atomic mass is 10.1. The Balaban J connectivity index is 2.08. The fraction of sp³-hybridized carbons (Fsp3) is 0.471. The summed E-state index contributed by atoms with van der Waals surface area (Å²) in [6.07, 6.45) is 1.30. The number of hydrogen-bond donors (Lipinski definition) is 5. The van der Waals surface area contributed by atoms with Gasteiger partial charge in [-0.2, -0.15) is 0 Å². The standard InChI is InChI=1S/C17H26N4O3/c1-17(2,3)20-9-12(22)10-24-14-6-4-5-13-16(14)11(8-19-13)7-15(23)21-18/h4-6,8,12,19-20,22H,7,9-10,18H2,1-3H3,(H,21,23)/t12-/m0/s1. The Kier molecular flexibility index (Phi) is 5.82. The third-order valence-corrected chi connectivity index (χ3v) is 3.56. The molecule has 1 heterocycles. The molecule has 0 unspecified atom stereocenters. The molecule has 24 heavy (non-hydrogen) atoms. The second-order valence-corrected chi connectivity index (χ2v) is 6.83. The highest BCUT2D eigenvalue weighted by molar-refractivity contribution is 5.93. The van der Waals surface area contributed by atoms with E-state index in [1.165, 1.54) is 0 Å². The van der Waals surface area contributed by atoms with Crippen LogP contribution in [0.25, 0.3) is 10.9 Å². The number of fused-ring (bicyclic) bond motifs is 1. The van der Waals surface area contributed by atoms with Gasteiger partial charge in [0.05, 0.1) is 6.42 Å². The van der Waals surface area contributed by atoms with Gasteiger partial charge in [0.1, 0.15) is 18.5 Å². The molecule has 0 aliphatic heterocycles. The highest BCUT2D eigenvalue weighted by atomic mass is 16.5. The van der Waals surface area contributed by atoms with E-state index in [4.69, 9.17) is 10.6 Å². The number of aromatic amines is 1. The summed E-state index contributed by atoms with van der Waals surface area (Å²) in [5, 5.41) is 14.1. The lowest BCUT2D eigenvalue weighted by Crippen LogP contribution is -2.42. The number of rotatable bonds is 7. The monoisotopic (exact) mass is 334 g/mol. The summed E-state index contributed by atoms with van der Waals surface area (Å²) >= 11 is 0. The van der Waals surface area contributed by atoms with Gasteiger partial charge >= 0.3 is 0 Å². The predicted molar refractivity (Wildman–Crippen MR) is 93.6 cm³/mol. The minimum absolute atomic E-state index is 0.0651. The van der Waals surface area contributed by atoms with Crippen LogP contribution in [0.5, 0.6) is 5.75 Å². The van der Waals surface area contributed by atoms with E-state index in [9.17, 15) is 9.90 Å². The van der Waals surface area contributed by atoms with Crippen LogP contribution in [0.4, 0.5) is 0 Å². The van der Waals surface area contributed by atoms with Gasteiger partial charge in [-0.25, -0.2) is 5.84 Å². The van der Waals surface area contributed by atoms with Crippen LogP contribution in [-0.2, 0) is 11.2 Å². The first-order valence-corrected chi connectivity index (χ1v) is 7.94. The van der Waals surface area contributed by atoms with Gasteiger partial charge in [0.25, 0.3) is 0 Å². The summed E-state index contributed by atoms with van der Waals surface area (Å²) in [5.74, 6) is 5.51. The highest BCUT2D eigenvalue weighted by Crippen LogP contribution is 2.29. The normalized spacial score (nSPS) is 13.0. The zero-order valence-corrected chi connectivity index (χ0v) is 14.3. The molecule has 2 aromatic rings. The number of hydrogen-bond acceptors (Lipinski definition) is 5. The number of nitrogens with one attached hydrogen (secondary N) is 3. The van der Waals surface area contributed by atoms with Crippen molar-refractivity contribution >= 4 is 16.8 Å². The van der Waals surface area contributed by atoms with Gasteiger partial charge in [-0.3, -0.25) is 10.2 Å². The van der Waals surface area contributed by atoms with E-state index < -0.39 is 6.10 Å². The Bertz CT molecular complexity index is 691. The zero-order valence-electron chi connectivity index (χ0n) is 14.3. The van der Waals surface area contributed by atoms with Crippen molar-refractivity contribution in [2.75, 3.05) is 13.2 Å². The van der Waals surface area contributed by atoms with E-state index in [-0.39, 0.29) is 24.5 Å². The van der Waals surface area contributed by atoms with Gasteiger partial charge in [0.15, 0.2) is 0 Å². The van der Waals surface area contributed by atoms with Crippen molar-refractivity contribution in [1.82, 2.24) is 15.7 Å². The molecule has 7 heteroatoms. The van der Waals surface area contributed by atoms with E-state index in [1.54, 1.807) is 6.20 Å². The maximum absolute atomic E-state index is 11.5. The lowest BCUT2D eigenvalue weighted by Gasteiger charge is -2.23. The Morgan fingerprint density at radius 2 is 2.17 bits per heavy atom. The van der Waals surface area contributed by atoms with Crippen LogP contribution in [0.2, 0.25) is 0 Å². The number of benzene rings is 1. The van der Waals surface area contributed by atoms with Gasteiger partial charge in [0.2, 0.25) is 5.91 Å². The maximum atomic E-state index is 11.5. The Morgan fingerprint density at radius 3 is 2.83 bits per heavy atom. The molecule has 1 aromatic heterocycles. The largest absolute Gasteiger partial charge is 0.490 e. The van der Waals surface area contributed by atoms with E-state index in [1.807, 2.05) is 39.0 Å². The number of carbonyl (C=O) groups excluding carboxylic acids is 1. The summed E-state index contributed by atoms with van der Waals surface area (Å²) in [7, 11) is 0. The molecule has 0 saturated heterocycles. The number of H-pyrrole nitrogens is 1. The molecule has 1 aromatic carbocycles. The number of aromatic nitrogens is 1. The molecule has 1 atom stereocenters. The number of β-amino-alcohol motifs (C(OH)–C–C–N with tert-alkyl or cyclic N) is 1. The van der Waals surface area contributed by atoms with E-state index in [0.29, 0.717) is 12.3 Å². The summed E-state index contributed by atoms with van der Waals surface area (Å²) < 4.78 is 5.79. The van der Waals surface area contributed by atoms with Crippen molar-refractivity contribution in [1.29, 1.82) is 0 Å². The molecule has 6 N–H and O–H groups in total. The van der Waals surface area contributed by atoms with E-state index in [2.05, 4.69) is 15.7 Å². The Hall–Kier alpha value is -2.09. The van der Waals surface area contributed by atoms with E-state index >= 15 is 0 Å². The maximum Gasteiger partial charge on any atom is 0.238 e. The number of aliphatic hydroxyl groups excluding tert-OH is 1. The van der Waals surface area contributed by atoms with Crippen LogP contribution in [0.15, 0.2) is 24.4 Å². The van der Waals surface area contributed by atoms with Gasteiger partial charge in [-0.15, -0.1) is 0 Å². The molecule has 132 valence electrons. The molecule has 0 spiro atoms. The van der Waals surface area contributed by atoms with Gasteiger partial charge < -0.3 is 20.1 Å². The molecule has 0 radical (unpaired) electrons. The molecule has 0 fully saturated rings. The van der Waals surface area contributed by atoms with Crippen LogP contribution < -0.4 is 21.3 Å². The topological polar surface area (TPSA) is 112 Å². The first kappa shape index (κ1) is 18.3. The van der Waals surface area contributed by atoms with Crippen LogP contribution >= 0.6 is 0 Å². The predicted octanol–water partition coefficient (Wildman–Crippen LogP) is 0.828. The lowest BCUT2D eigenvalue weighted by molar-refractivity contribution is -0.120. The number of carbonyl (C=O) groups is 1. The van der Waals surface area contributed by atoms with Gasteiger partial charge in [0, 0.05) is 29.2 Å². The van der Waals surface area contributed by atoms with Crippen molar-refractivity contribution in [2.45, 2.75) is 38.8 Å². The molecule has 0 bridgehead atoms. The fourth-order valence-corrected chi connectivity index (χ4v) is 2.37. The summed E-state index contributed by atoms with van der Waals surface area (Å²) in [5.41, 5.74) is 3.73. The smallest absolute Gasteiger partial charge is 0.238 e. The van der Waals surface area contributed by atoms with E-state index in [0.717, 1.165) is 16.5 Å². The molecule has 0 saturated carbocycles. The van der Waals surface area contributed by atoms with Crippen molar-refractivity contribution in [3.05, 3.63) is 30.0 Å². The first-order valence-electron chi connectivity index (χ1n) is 7.94. The number of ether oxygens (including phenoxy) is 1. The summed E-state index contributed by atoms with van der Waals surface area (Å²) in [6, 6.07) is 5.59. The third-order valence-electron chi connectivity index (χ3n) is 3.56. The number of aliphatic hydroxyl groups is 1. The zero-order chi connectivity index (χ0) is 17.7. The second-order valence-electron chi connectivity index (χ2n) is 6.83. The van der Waals surface area contributed by atoms with Crippen molar-refractivity contribution < 1.29 is 14.6 Å². The molecular weight excluding hydrogens is 308 g/mol. The quantitative estimate of drug-likeness (QED) is 0.292. The van der Waals surface area contributed by atoms with Crippen LogP contribution in [0.3, 0.4) is 0 Å². The molecule has 0 aliphatic carbocycles. The summed E-state index contributed by atoms with van der Waals surface area (Å²) in [6.45, 7) is 6.71. The van der Waals surface area contributed by atoms with Crippen LogP contribution in [0, 0.1) is 0 Å². The van der Waals surface area contributed by atoms with Crippen molar-refractivity contribution in [2.24, 2.45) is 5.84 Å². The van der Waals surface area contributed by atoms with Crippen LogP contribution in [-0.4, -0.2) is 40.8 Å². The molecule has 1 amide bonds. The Morgan fingerprint density at radius 1 is 1.42 bits per heavy atom. The minimum atomic E-state index is -0.630. The molecule has 7 nitrogen and oxygen atoms in total. The molecular formula is C17H26N4O3. The van der Waals surface area contributed by atoms with Crippen molar-refractivity contribution in [3.8, 4) is 5.75 Å². The second kappa shape index (κ2) is 7.65.